The SMILES string of the molecule is NC(CCO)c1ccc2c(c1)OC(F)(F)O2. The van der Waals surface area contributed by atoms with Crippen molar-refractivity contribution in [3.63, 3.8) is 0 Å². The van der Waals surface area contributed by atoms with E-state index in [0.29, 0.717) is 12.0 Å². The quantitative estimate of drug-likeness (QED) is 0.825. The summed E-state index contributed by atoms with van der Waals surface area (Å²) >= 11 is 0. The van der Waals surface area contributed by atoms with Gasteiger partial charge in [0.2, 0.25) is 0 Å². The van der Waals surface area contributed by atoms with Crippen molar-refractivity contribution < 1.29 is 23.4 Å². The normalized spacial score (nSPS) is 18.5. The molecule has 88 valence electrons. The molecule has 0 aliphatic carbocycles. The fraction of sp³-hybridized carbons (Fsp3) is 0.400. The lowest BCUT2D eigenvalue weighted by Gasteiger charge is -2.10. The minimum atomic E-state index is -3.61. The number of benzene rings is 1. The molecule has 1 aliphatic heterocycles. The molecular weight excluding hydrogens is 220 g/mol. The molecule has 0 spiro atoms. The van der Waals surface area contributed by atoms with Crippen LogP contribution in [0.3, 0.4) is 0 Å². The van der Waals surface area contributed by atoms with Gasteiger partial charge in [-0.05, 0) is 24.1 Å². The van der Waals surface area contributed by atoms with Gasteiger partial charge in [-0.2, -0.15) is 0 Å². The van der Waals surface area contributed by atoms with Gasteiger partial charge in [-0.25, -0.2) is 0 Å². The van der Waals surface area contributed by atoms with E-state index in [2.05, 4.69) is 9.47 Å². The van der Waals surface area contributed by atoms with Gasteiger partial charge in [0.05, 0.1) is 0 Å². The van der Waals surface area contributed by atoms with Gasteiger partial charge in [-0.15, -0.1) is 8.78 Å². The molecule has 2 rings (SSSR count). The smallest absolute Gasteiger partial charge is 0.396 e. The Balaban J connectivity index is 2.22. The highest BCUT2D eigenvalue weighted by Crippen LogP contribution is 2.41. The number of halogens is 2. The molecule has 1 atom stereocenters. The van der Waals surface area contributed by atoms with Gasteiger partial charge in [-0.3, -0.25) is 0 Å². The van der Waals surface area contributed by atoms with Gasteiger partial charge < -0.3 is 20.3 Å². The lowest BCUT2D eigenvalue weighted by Crippen LogP contribution is -2.25. The maximum atomic E-state index is 12.7. The number of aliphatic hydroxyl groups excluding tert-OH is 1. The highest BCUT2D eigenvalue weighted by atomic mass is 19.3. The maximum absolute atomic E-state index is 12.7. The predicted molar refractivity (Wildman–Crippen MR) is 51.3 cm³/mol. The molecule has 16 heavy (non-hydrogen) atoms. The molecule has 4 nitrogen and oxygen atoms in total. The molecule has 0 amide bonds. The second kappa shape index (κ2) is 3.88. The first kappa shape index (κ1) is 11.1. The number of nitrogens with two attached hydrogens (primary N) is 1. The van der Waals surface area contributed by atoms with Crippen molar-refractivity contribution in [1.82, 2.24) is 0 Å². The molecule has 0 saturated carbocycles. The standard InChI is InChI=1S/C10H11F2NO3/c11-10(12)15-8-2-1-6(5-9(8)16-10)7(13)3-4-14/h1-2,5,7,14H,3-4,13H2. The van der Waals surface area contributed by atoms with Crippen LogP contribution in [-0.2, 0) is 0 Å². The summed E-state index contributed by atoms with van der Waals surface area (Å²) in [6.45, 7) is -0.0637. The van der Waals surface area contributed by atoms with Crippen molar-refractivity contribution in [2.75, 3.05) is 6.61 Å². The molecule has 3 N–H and O–H groups in total. The zero-order valence-electron chi connectivity index (χ0n) is 8.32. The molecule has 1 aliphatic rings. The Kier molecular flexibility index (Phi) is 2.69. The van der Waals surface area contributed by atoms with Crippen LogP contribution in [-0.4, -0.2) is 18.0 Å². The van der Waals surface area contributed by atoms with Crippen LogP contribution in [0.5, 0.6) is 11.5 Å². The van der Waals surface area contributed by atoms with Gasteiger partial charge in [0.15, 0.2) is 11.5 Å². The Hall–Kier alpha value is -1.40. The van der Waals surface area contributed by atoms with Crippen molar-refractivity contribution in [3.05, 3.63) is 23.8 Å². The molecule has 6 heteroatoms. The van der Waals surface area contributed by atoms with E-state index in [1.165, 1.54) is 12.1 Å². The summed E-state index contributed by atoms with van der Waals surface area (Å²) in [7, 11) is 0. The Bertz CT molecular complexity index is 398. The van der Waals surface area contributed by atoms with Crippen LogP contribution >= 0.6 is 0 Å². The van der Waals surface area contributed by atoms with Crippen molar-refractivity contribution in [2.45, 2.75) is 18.8 Å². The molecule has 0 fully saturated rings. The largest absolute Gasteiger partial charge is 0.586 e. The zero-order valence-corrected chi connectivity index (χ0v) is 8.32. The monoisotopic (exact) mass is 231 g/mol. The van der Waals surface area contributed by atoms with E-state index in [1.54, 1.807) is 6.07 Å². The summed E-state index contributed by atoms with van der Waals surface area (Å²) in [5.41, 5.74) is 6.34. The van der Waals surface area contributed by atoms with Crippen LogP contribution in [0, 0.1) is 0 Å². The van der Waals surface area contributed by atoms with E-state index in [0.717, 1.165) is 0 Å². The zero-order chi connectivity index (χ0) is 11.8. The third-order valence-corrected chi connectivity index (χ3v) is 2.29. The highest BCUT2D eigenvalue weighted by molar-refractivity contribution is 5.45. The molecule has 1 aromatic carbocycles. The molecule has 0 aromatic heterocycles. The summed E-state index contributed by atoms with van der Waals surface area (Å²) in [5.74, 6) is -0.0409. The first-order valence-corrected chi connectivity index (χ1v) is 4.78. The van der Waals surface area contributed by atoms with Crippen molar-refractivity contribution in [2.24, 2.45) is 5.73 Å². The molecule has 1 aromatic rings. The van der Waals surface area contributed by atoms with Gasteiger partial charge in [-0.1, -0.05) is 6.07 Å². The van der Waals surface area contributed by atoms with E-state index in [-0.39, 0.29) is 18.1 Å². The van der Waals surface area contributed by atoms with E-state index in [9.17, 15) is 8.78 Å². The van der Waals surface area contributed by atoms with E-state index >= 15 is 0 Å². The molecule has 0 saturated heterocycles. The molecule has 1 heterocycles. The van der Waals surface area contributed by atoms with Crippen LogP contribution in [0.15, 0.2) is 18.2 Å². The molecular formula is C10H11F2NO3. The lowest BCUT2D eigenvalue weighted by molar-refractivity contribution is -0.286. The van der Waals surface area contributed by atoms with Gasteiger partial charge in [0.25, 0.3) is 0 Å². The number of rotatable bonds is 3. The van der Waals surface area contributed by atoms with Crippen molar-refractivity contribution in [1.29, 1.82) is 0 Å². The summed E-state index contributed by atoms with van der Waals surface area (Å²) < 4.78 is 33.9. The molecule has 1 unspecified atom stereocenters. The summed E-state index contributed by atoms with van der Waals surface area (Å²) in [4.78, 5) is 0. The second-order valence-corrected chi connectivity index (χ2v) is 3.49. The predicted octanol–water partition coefficient (Wildman–Crippen LogP) is 1.39. The minimum Gasteiger partial charge on any atom is -0.396 e. The Morgan fingerprint density at radius 1 is 1.31 bits per heavy atom. The van der Waals surface area contributed by atoms with Crippen molar-refractivity contribution >= 4 is 0 Å². The molecule has 0 radical (unpaired) electrons. The van der Waals surface area contributed by atoms with Crippen LogP contribution < -0.4 is 15.2 Å². The van der Waals surface area contributed by atoms with Gasteiger partial charge >= 0.3 is 6.29 Å². The van der Waals surface area contributed by atoms with Gasteiger partial charge in [0, 0.05) is 12.6 Å². The van der Waals surface area contributed by atoms with Crippen molar-refractivity contribution in [3.8, 4) is 11.5 Å². The first-order valence-electron chi connectivity index (χ1n) is 4.78. The van der Waals surface area contributed by atoms with Crippen LogP contribution in [0.2, 0.25) is 0 Å². The first-order chi connectivity index (χ1) is 7.52. The van der Waals surface area contributed by atoms with E-state index < -0.39 is 12.3 Å². The Labute approximate surface area is 90.6 Å². The van der Waals surface area contributed by atoms with E-state index in [4.69, 9.17) is 10.8 Å². The summed E-state index contributed by atoms with van der Waals surface area (Å²) in [6.07, 6.45) is -3.25. The summed E-state index contributed by atoms with van der Waals surface area (Å²) in [6, 6.07) is 3.94. The number of ether oxygens (including phenoxy) is 2. The third-order valence-electron chi connectivity index (χ3n) is 2.29. The Morgan fingerprint density at radius 2 is 2.00 bits per heavy atom. The number of alkyl halides is 2. The number of hydrogen-bond donors (Lipinski definition) is 2. The number of fused-ring (bicyclic) bond motifs is 1. The second-order valence-electron chi connectivity index (χ2n) is 3.49. The van der Waals surface area contributed by atoms with Crippen LogP contribution in [0.4, 0.5) is 8.78 Å². The van der Waals surface area contributed by atoms with E-state index in [1.807, 2.05) is 0 Å². The fourth-order valence-electron chi connectivity index (χ4n) is 1.50. The molecule has 0 bridgehead atoms. The highest BCUT2D eigenvalue weighted by Gasteiger charge is 2.43. The average molecular weight is 231 g/mol. The minimum absolute atomic E-state index is 0.00931. The maximum Gasteiger partial charge on any atom is 0.586 e. The topological polar surface area (TPSA) is 64.7 Å². The average Bonchev–Trinajstić information content (AvgIpc) is 2.50. The Morgan fingerprint density at radius 3 is 2.69 bits per heavy atom. The number of aliphatic hydroxyl groups is 1. The third kappa shape index (κ3) is 2.07. The lowest BCUT2D eigenvalue weighted by atomic mass is 10.0. The summed E-state index contributed by atoms with van der Waals surface area (Å²) in [5, 5.41) is 8.72. The van der Waals surface area contributed by atoms with Gasteiger partial charge in [0.1, 0.15) is 0 Å². The fourth-order valence-corrected chi connectivity index (χ4v) is 1.50. The number of hydrogen-bond acceptors (Lipinski definition) is 4. The van der Waals surface area contributed by atoms with Crippen LogP contribution in [0.25, 0.3) is 0 Å². The van der Waals surface area contributed by atoms with Crippen LogP contribution in [0.1, 0.15) is 18.0 Å².